The Labute approximate surface area is 260 Å². The molecule has 0 N–H and O–H groups in total. The molecule has 4 nitrogen and oxygen atoms in total. The normalized spacial score (nSPS) is 10.9. The fraction of sp³-hybridized carbons (Fsp3) is 0.133. The van der Waals surface area contributed by atoms with Crippen LogP contribution in [0, 0.1) is 0 Å². The van der Waals surface area contributed by atoms with Gasteiger partial charge in [0.15, 0.2) is 0 Å². The Morgan fingerprint density at radius 3 is 0.767 bits per heavy atom. The minimum Gasteiger partial charge on any atom is -0.542 e. The molecular formula is C30H24F6O4P2Pd. The Morgan fingerprint density at radius 1 is 0.465 bits per heavy atom. The summed E-state index contributed by atoms with van der Waals surface area (Å²) in [6.45, 7) is 0. The van der Waals surface area contributed by atoms with Crippen molar-refractivity contribution in [3.8, 4) is 0 Å². The zero-order valence-corrected chi connectivity index (χ0v) is 25.4. The molecule has 13 heteroatoms. The Balaban J connectivity index is 0.000000516. The first-order chi connectivity index (χ1) is 19.8. The second kappa shape index (κ2) is 18.6. The van der Waals surface area contributed by atoms with E-state index in [-0.39, 0.29) is 36.3 Å². The molecule has 0 unspecified atom stereocenters. The van der Waals surface area contributed by atoms with Gasteiger partial charge in [-0.2, -0.15) is 26.3 Å². The number of halogens is 6. The number of carboxylic acid groups (broad SMARTS) is 2. The molecule has 0 aliphatic carbocycles. The van der Waals surface area contributed by atoms with Crippen LogP contribution in [0.25, 0.3) is 0 Å². The van der Waals surface area contributed by atoms with Crippen LogP contribution in [0.4, 0.5) is 26.3 Å². The minimum absolute atomic E-state index is 0. The predicted octanol–water partition coefficient (Wildman–Crippen LogP) is 3.85. The summed E-state index contributed by atoms with van der Waals surface area (Å²) >= 11 is 0. The molecule has 0 atom stereocenters. The molecule has 0 amide bonds. The maximum absolute atomic E-state index is 10.5. The van der Waals surface area contributed by atoms with E-state index in [1.807, 2.05) is 0 Å². The molecule has 4 aromatic carbocycles. The third-order valence-corrected chi connectivity index (χ3v) is 10.7. The summed E-state index contributed by atoms with van der Waals surface area (Å²) in [4.78, 5) is 17.6. The smallest absolute Gasteiger partial charge is 0.542 e. The Hall–Kier alpha value is -3.08. The molecule has 0 fully saturated rings. The fourth-order valence-electron chi connectivity index (χ4n) is 3.45. The van der Waals surface area contributed by atoms with E-state index in [0.717, 1.165) is 0 Å². The molecule has 43 heavy (non-hydrogen) atoms. The SMILES string of the molecule is O=C([O-])C(F)(F)F.O=C([O-])C(F)(F)F.[Pd+2].c1ccc(P(CCP(c2ccccc2)c2ccccc2)c2ccccc2)cc1. The topological polar surface area (TPSA) is 80.3 Å². The van der Waals surface area contributed by atoms with E-state index in [0.29, 0.717) is 0 Å². The zero-order valence-electron chi connectivity index (χ0n) is 22.1. The van der Waals surface area contributed by atoms with Crippen molar-refractivity contribution in [1.82, 2.24) is 0 Å². The van der Waals surface area contributed by atoms with E-state index in [4.69, 9.17) is 19.8 Å². The van der Waals surface area contributed by atoms with Gasteiger partial charge in [-0.05, 0) is 49.4 Å². The molecule has 4 aromatic rings. The molecule has 0 bridgehead atoms. The van der Waals surface area contributed by atoms with Gasteiger partial charge in [0.1, 0.15) is 11.9 Å². The van der Waals surface area contributed by atoms with Crippen molar-refractivity contribution in [2.75, 3.05) is 12.3 Å². The minimum atomic E-state index is -5.19. The van der Waals surface area contributed by atoms with Crippen molar-refractivity contribution in [2.24, 2.45) is 0 Å². The van der Waals surface area contributed by atoms with E-state index >= 15 is 0 Å². The molecule has 0 radical (unpaired) electrons. The molecular weight excluding hydrogens is 707 g/mol. The van der Waals surface area contributed by atoms with Gasteiger partial charge in [0.2, 0.25) is 0 Å². The van der Waals surface area contributed by atoms with Gasteiger partial charge in [0, 0.05) is 0 Å². The summed E-state index contributed by atoms with van der Waals surface area (Å²) < 4.78 is 63.1. The van der Waals surface area contributed by atoms with E-state index < -0.39 is 24.3 Å². The average molecular weight is 731 g/mol. The fourth-order valence-corrected chi connectivity index (χ4v) is 8.80. The summed E-state index contributed by atoms with van der Waals surface area (Å²) in [5.74, 6) is -6.01. The number of carboxylic acids is 2. The number of benzene rings is 4. The van der Waals surface area contributed by atoms with Crippen molar-refractivity contribution in [3.05, 3.63) is 121 Å². The van der Waals surface area contributed by atoms with E-state index in [1.54, 1.807) is 0 Å². The van der Waals surface area contributed by atoms with Crippen LogP contribution in [-0.4, -0.2) is 36.6 Å². The van der Waals surface area contributed by atoms with Crippen LogP contribution in [0.2, 0.25) is 0 Å². The van der Waals surface area contributed by atoms with Crippen LogP contribution in [0.5, 0.6) is 0 Å². The molecule has 0 heterocycles. The molecule has 0 saturated carbocycles. The first-order valence-corrected chi connectivity index (χ1v) is 15.2. The van der Waals surface area contributed by atoms with Crippen LogP contribution < -0.4 is 31.4 Å². The van der Waals surface area contributed by atoms with E-state index in [1.165, 1.54) is 33.5 Å². The quantitative estimate of drug-likeness (QED) is 0.165. The number of alkyl halides is 6. The Kier molecular flexibility index (Phi) is 16.4. The van der Waals surface area contributed by atoms with Gasteiger partial charge in [0.05, 0.1) is 0 Å². The number of carbonyl (C=O) groups excluding carboxylic acids is 2. The van der Waals surface area contributed by atoms with Crippen LogP contribution in [0.15, 0.2) is 121 Å². The molecule has 0 saturated heterocycles. The first kappa shape index (κ1) is 37.9. The van der Waals surface area contributed by atoms with Gasteiger partial charge in [-0.25, -0.2) is 0 Å². The van der Waals surface area contributed by atoms with E-state index in [2.05, 4.69) is 121 Å². The molecule has 230 valence electrons. The number of carbonyl (C=O) groups is 2. The predicted molar refractivity (Wildman–Crippen MR) is 150 cm³/mol. The number of hydrogen-bond donors (Lipinski definition) is 0. The second-order valence-electron chi connectivity index (χ2n) is 8.22. The molecule has 0 aliphatic rings. The molecule has 0 spiro atoms. The standard InChI is InChI=1S/C26H24P2.2C2HF3O2.Pd/c1-5-13-23(14-6-1)27(24-15-7-2-8-16-24)21-22-28(25-17-9-3-10-18-25)26-19-11-4-12-20-26;2*3-2(4,5)1(6)7;/h1-20H,21-22H2;2*(H,6,7);/q;;;+2/p-2. The molecule has 4 rings (SSSR count). The zero-order chi connectivity index (χ0) is 31.2. The van der Waals surface area contributed by atoms with Gasteiger partial charge in [-0.3, -0.25) is 0 Å². The number of rotatable bonds is 7. The van der Waals surface area contributed by atoms with Gasteiger partial charge < -0.3 is 19.8 Å². The summed E-state index contributed by atoms with van der Waals surface area (Å²) in [6.07, 6.45) is -7.97. The van der Waals surface area contributed by atoms with Gasteiger partial charge in [0.25, 0.3) is 0 Å². The average Bonchev–Trinajstić information content (AvgIpc) is 2.97. The van der Waals surface area contributed by atoms with Crippen molar-refractivity contribution in [1.29, 1.82) is 0 Å². The van der Waals surface area contributed by atoms with E-state index in [9.17, 15) is 26.3 Å². The van der Waals surface area contributed by atoms with Crippen molar-refractivity contribution in [2.45, 2.75) is 12.4 Å². The van der Waals surface area contributed by atoms with Crippen LogP contribution in [0.1, 0.15) is 0 Å². The van der Waals surface area contributed by atoms with Crippen molar-refractivity contribution < 1.29 is 66.6 Å². The molecule has 0 aromatic heterocycles. The summed E-state index contributed by atoms with van der Waals surface area (Å²) in [5.41, 5.74) is 0. The summed E-state index contributed by atoms with van der Waals surface area (Å²) in [6, 6.07) is 44.2. The molecule has 0 aliphatic heterocycles. The number of aliphatic carboxylic acids is 2. The number of hydrogen-bond acceptors (Lipinski definition) is 4. The third kappa shape index (κ3) is 13.8. The van der Waals surface area contributed by atoms with Gasteiger partial charge >= 0.3 is 32.8 Å². The Bertz CT molecular complexity index is 1180. The van der Waals surface area contributed by atoms with Crippen LogP contribution >= 0.6 is 15.8 Å². The van der Waals surface area contributed by atoms with Crippen LogP contribution in [-0.2, 0) is 30.0 Å². The Morgan fingerprint density at radius 2 is 0.628 bits per heavy atom. The third-order valence-electron chi connectivity index (χ3n) is 5.28. The van der Waals surface area contributed by atoms with Gasteiger partial charge in [-0.15, -0.1) is 0 Å². The van der Waals surface area contributed by atoms with Gasteiger partial charge in [-0.1, -0.05) is 121 Å². The summed E-state index contributed by atoms with van der Waals surface area (Å²) in [7, 11) is -0.696. The maximum Gasteiger partial charge on any atom is 2.00 e. The van der Waals surface area contributed by atoms with Crippen LogP contribution in [0.3, 0.4) is 0 Å². The summed E-state index contributed by atoms with van der Waals surface area (Å²) in [5, 5.41) is 23.5. The second-order valence-corrected chi connectivity index (χ2v) is 12.9. The van der Waals surface area contributed by atoms with Crippen molar-refractivity contribution in [3.63, 3.8) is 0 Å². The monoisotopic (exact) mass is 730 g/mol. The largest absolute Gasteiger partial charge is 2.00 e. The maximum atomic E-state index is 10.5. The van der Waals surface area contributed by atoms with Crippen molar-refractivity contribution >= 4 is 49.0 Å². The first-order valence-electron chi connectivity index (χ1n) is 12.1.